The molecule has 0 fully saturated rings. The average molecular weight is 439 g/mol. The predicted molar refractivity (Wildman–Crippen MR) is 120 cm³/mol. The van der Waals surface area contributed by atoms with Crippen molar-refractivity contribution in [3.63, 3.8) is 0 Å². The van der Waals surface area contributed by atoms with E-state index in [2.05, 4.69) is 0 Å². The minimum Gasteiger partial charge on any atom is -0.451 e. The van der Waals surface area contributed by atoms with Gasteiger partial charge in [-0.25, -0.2) is 4.79 Å². The molecule has 0 aliphatic rings. The molecule has 8 heteroatoms. The van der Waals surface area contributed by atoms with E-state index in [1.807, 2.05) is 30.3 Å². The highest BCUT2D eigenvalue weighted by Crippen LogP contribution is 2.39. The Morgan fingerprint density at radius 1 is 0.933 bits per heavy atom. The van der Waals surface area contributed by atoms with Gasteiger partial charge in [0.2, 0.25) is 5.91 Å². The second-order valence-corrected chi connectivity index (χ2v) is 8.71. The van der Waals surface area contributed by atoms with Crippen LogP contribution < -0.4 is 10.6 Å². The van der Waals surface area contributed by atoms with Crippen molar-refractivity contribution in [1.29, 1.82) is 0 Å². The summed E-state index contributed by atoms with van der Waals surface area (Å²) in [6.07, 6.45) is 0.0167. The fraction of sp³-hybridized carbons (Fsp3) is 0.136. The highest BCUT2D eigenvalue weighted by molar-refractivity contribution is 7.33. The molecule has 2 amide bonds. The van der Waals surface area contributed by atoms with Crippen LogP contribution in [0.1, 0.15) is 16.1 Å². The summed E-state index contributed by atoms with van der Waals surface area (Å²) in [5.41, 5.74) is 5.84. The van der Waals surface area contributed by atoms with E-state index < -0.39 is 24.4 Å². The number of carbonyl (C=O) groups excluding carboxylic acids is 3. The first-order valence-corrected chi connectivity index (χ1v) is 10.9. The minimum atomic E-state index is -0.538. The molecule has 4 aromatic rings. The van der Waals surface area contributed by atoms with Crippen molar-refractivity contribution >= 4 is 65.6 Å². The van der Waals surface area contributed by atoms with E-state index in [4.69, 9.17) is 10.5 Å². The number of hydrogen-bond donors (Lipinski definition) is 1. The highest BCUT2D eigenvalue weighted by Gasteiger charge is 2.20. The Bertz CT molecular complexity index is 1230. The summed E-state index contributed by atoms with van der Waals surface area (Å²) < 4.78 is 8.51. The number of anilines is 1. The number of thiophene rings is 2. The van der Waals surface area contributed by atoms with Gasteiger partial charge in [0.05, 0.1) is 4.70 Å². The molecule has 2 aromatic carbocycles. The summed E-state index contributed by atoms with van der Waals surface area (Å²) in [5, 5.41) is 1.11. The predicted octanol–water partition coefficient (Wildman–Crippen LogP) is 4.18. The van der Waals surface area contributed by atoms with E-state index in [0.717, 1.165) is 14.8 Å². The third-order valence-corrected chi connectivity index (χ3v) is 6.92. The number of para-hydroxylation sites is 1. The van der Waals surface area contributed by atoms with E-state index >= 15 is 0 Å². The lowest BCUT2D eigenvalue weighted by Crippen LogP contribution is -2.37. The maximum Gasteiger partial charge on any atom is 0.348 e. The molecule has 0 aliphatic heterocycles. The van der Waals surface area contributed by atoms with Crippen molar-refractivity contribution in [3.05, 3.63) is 65.5 Å². The topological polar surface area (TPSA) is 89.7 Å². The Balaban J connectivity index is 1.46. The van der Waals surface area contributed by atoms with Crippen LogP contribution in [0.3, 0.4) is 0 Å². The molecule has 2 aromatic heterocycles. The van der Waals surface area contributed by atoms with Gasteiger partial charge in [-0.2, -0.15) is 0 Å². The number of ether oxygens (including phenoxy) is 1. The normalized spacial score (nSPS) is 10.9. The van der Waals surface area contributed by atoms with Crippen LogP contribution in [0.25, 0.3) is 19.5 Å². The van der Waals surface area contributed by atoms with Gasteiger partial charge in [-0.3, -0.25) is 9.59 Å². The number of amides is 2. The number of hydrogen-bond acceptors (Lipinski definition) is 6. The number of benzene rings is 2. The van der Waals surface area contributed by atoms with E-state index in [1.165, 1.54) is 20.9 Å². The summed E-state index contributed by atoms with van der Waals surface area (Å²) in [5.74, 6) is -1.46. The van der Waals surface area contributed by atoms with Crippen LogP contribution in [0.5, 0.6) is 0 Å². The van der Waals surface area contributed by atoms with E-state index in [1.54, 1.807) is 41.7 Å². The molecule has 0 unspecified atom stereocenters. The number of esters is 1. The molecule has 0 aliphatic carbocycles. The van der Waals surface area contributed by atoms with Gasteiger partial charge in [0, 0.05) is 33.4 Å². The maximum absolute atomic E-state index is 12.7. The van der Waals surface area contributed by atoms with Crippen LogP contribution in [0.15, 0.2) is 60.7 Å². The Kier molecular flexibility index (Phi) is 5.78. The fourth-order valence-corrected chi connectivity index (χ4v) is 5.52. The van der Waals surface area contributed by atoms with Crippen molar-refractivity contribution in [2.45, 2.75) is 6.42 Å². The Morgan fingerprint density at radius 2 is 1.67 bits per heavy atom. The van der Waals surface area contributed by atoms with E-state index in [9.17, 15) is 14.4 Å². The molecular weight excluding hydrogens is 420 g/mol. The van der Waals surface area contributed by atoms with Gasteiger partial charge in [0.1, 0.15) is 4.88 Å². The SMILES string of the molecule is NC(=O)CCN(C(=O)COC(=O)c1cc2sc3ccccc3c2s1)c1ccccc1. The van der Waals surface area contributed by atoms with Crippen LogP contribution in [-0.2, 0) is 14.3 Å². The van der Waals surface area contributed by atoms with Gasteiger partial charge in [-0.15, -0.1) is 22.7 Å². The maximum atomic E-state index is 12.7. The zero-order valence-corrected chi connectivity index (χ0v) is 17.5. The number of nitrogens with two attached hydrogens (primary N) is 1. The summed E-state index contributed by atoms with van der Waals surface area (Å²) in [6.45, 7) is -0.296. The minimum absolute atomic E-state index is 0.0167. The molecule has 4 rings (SSSR count). The van der Waals surface area contributed by atoms with Gasteiger partial charge in [-0.1, -0.05) is 36.4 Å². The first-order chi connectivity index (χ1) is 14.5. The molecule has 0 saturated carbocycles. The Hall–Kier alpha value is -3.23. The lowest BCUT2D eigenvalue weighted by atomic mass is 10.2. The fourth-order valence-electron chi connectivity index (χ4n) is 3.10. The molecule has 0 saturated heterocycles. The second kappa shape index (κ2) is 8.64. The third-order valence-electron chi connectivity index (χ3n) is 4.53. The monoisotopic (exact) mass is 438 g/mol. The van der Waals surface area contributed by atoms with Gasteiger partial charge < -0.3 is 15.4 Å². The number of carbonyl (C=O) groups is 3. The van der Waals surface area contributed by atoms with Crippen molar-refractivity contribution in [1.82, 2.24) is 0 Å². The molecule has 0 spiro atoms. The smallest absolute Gasteiger partial charge is 0.348 e. The number of fused-ring (bicyclic) bond motifs is 3. The number of nitrogens with zero attached hydrogens (tertiary/aromatic N) is 1. The van der Waals surface area contributed by atoms with Crippen LogP contribution in [0.2, 0.25) is 0 Å². The molecular formula is C22H18N2O4S2. The van der Waals surface area contributed by atoms with E-state index in [-0.39, 0.29) is 13.0 Å². The van der Waals surface area contributed by atoms with Crippen LogP contribution in [0, 0.1) is 0 Å². The first-order valence-electron chi connectivity index (χ1n) is 9.25. The standard InChI is InChI=1S/C22H18N2O4S2/c23-19(25)10-11-24(14-6-2-1-3-7-14)20(26)13-28-22(27)18-12-17-21(30-18)15-8-4-5-9-16(15)29-17/h1-9,12H,10-11,13H2,(H2,23,25). The zero-order valence-electron chi connectivity index (χ0n) is 15.9. The summed E-state index contributed by atoms with van der Waals surface area (Å²) in [4.78, 5) is 38.2. The lowest BCUT2D eigenvalue weighted by Gasteiger charge is -2.22. The lowest BCUT2D eigenvalue weighted by molar-refractivity contribution is -0.121. The summed E-state index contributed by atoms with van der Waals surface area (Å²) in [6, 6.07) is 18.7. The average Bonchev–Trinajstić information content (AvgIpc) is 3.31. The van der Waals surface area contributed by atoms with E-state index in [0.29, 0.717) is 10.6 Å². The van der Waals surface area contributed by atoms with Crippen molar-refractivity contribution in [2.75, 3.05) is 18.1 Å². The second-order valence-electron chi connectivity index (χ2n) is 6.58. The third kappa shape index (κ3) is 4.19. The van der Waals surface area contributed by atoms with Gasteiger partial charge in [-0.05, 0) is 24.3 Å². The van der Waals surface area contributed by atoms with Gasteiger partial charge in [0.15, 0.2) is 6.61 Å². The summed E-state index contributed by atoms with van der Waals surface area (Å²) >= 11 is 2.98. The summed E-state index contributed by atoms with van der Waals surface area (Å²) in [7, 11) is 0. The first kappa shape index (κ1) is 20.1. The van der Waals surface area contributed by atoms with Crippen molar-refractivity contribution < 1.29 is 19.1 Å². The highest BCUT2D eigenvalue weighted by atomic mass is 32.1. The Morgan fingerprint density at radius 3 is 2.43 bits per heavy atom. The molecule has 0 atom stereocenters. The largest absolute Gasteiger partial charge is 0.451 e. The molecule has 2 N–H and O–H groups in total. The van der Waals surface area contributed by atoms with Crippen molar-refractivity contribution in [3.8, 4) is 0 Å². The van der Waals surface area contributed by atoms with Crippen molar-refractivity contribution in [2.24, 2.45) is 5.73 Å². The molecule has 2 heterocycles. The molecule has 0 radical (unpaired) electrons. The molecule has 0 bridgehead atoms. The van der Waals surface area contributed by atoms with Crippen LogP contribution in [-0.4, -0.2) is 30.9 Å². The number of rotatable bonds is 7. The van der Waals surface area contributed by atoms with Gasteiger partial charge >= 0.3 is 5.97 Å². The van der Waals surface area contributed by atoms with Gasteiger partial charge in [0.25, 0.3) is 5.91 Å². The zero-order chi connectivity index (χ0) is 21.1. The molecule has 152 valence electrons. The van der Waals surface area contributed by atoms with Crippen LogP contribution >= 0.6 is 22.7 Å². The molecule has 6 nitrogen and oxygen atoms in total. The molecule has 30 heavy (non-hydrogen) atoms. The Labute approximate surface area is 180 Å². The van der Waals surface area contributed by atoms with Crippen LogP contribution in [0.4, 0.5) is 5.69 Å². The quantitative estimate of drug-likeness (QED) is 0.438. The number of primary amides is 1.